The van der Waals surface area contributed by atoms with E-state index in [1.165, 1.54) is 18.4 Å². The van der Waals surface area contributed by atoms with Gasteiger partial charge in [0.05, 0.1) is 17.5 Å². The second kappa shape index (κ2) is 9.29. The zero-order valence-corrected chi connectivity index (χ0v) is 15.5. The lowest BCUT2D eigenvalue weighted by atomic mass is 10.1. The predicted octanol–water partition coefficient (Wildman–Crippen LogP) is 4.06. The van der Waals surface area contributed by atoms with Crippen LogP contribution in [0.25, 0.3) is 6.08 Å². The highest BCUT2D eigenvalue weighted by Crippen LogP contribution is 2.17. The van der Waals surface area contributed by atoms with Crippen LogP contribution in [0.5, 0.6) is 0 Å². The Balaban J connectivity index is 1.63. The number of anilines is 2. The molecule has 1 heterocycles. The lowest BCUT2D eigenvalue weighted by Gasteiger charge is -2.13. The summed E-state index contributed by atoms with van der Waals surface area (Å²) in [5.41, 5.74) is 1.56. The van der Waals surface area contributed by atoms with E-state index in [0.717, 1.165) is 0 Å². The maximum atomic E-state index is 12.6. The number of furan rings is 1. The molecule has 3 rings (SSSR count). The molecule has 28 heavy (non-hydrogen) atoms. The van der Waals surface area contributed by atoms with Crippen LogP contribution >= 0.6 is 12.2 Å². The quantitative estimate of drug-likeness (QED) is 0.451. The number of amides is 2. The molecule has 7 heteroatoms. The van der Waals surface area contributed by atoms with Crippen molar-refractivity contribution in [3.8, 4) is 0 Å². The minimum Gasteiger partial charge on any atom is -0.465 e. The summed E-state index contributed by atoms with van der Waals surface area (Å²) in [6.07, 6.45) is 4.35. The molecule has 2 aromatic carbocycles. The first kappa shape index (κ1) is 19.1. The molecule has 0 atom stereocenters. The van der Waals surface area contributed by atoms with Gasteiger partial charge in [0.1, 0.15) is 5.76 Å². The van der Waals surface area contributed by atoms with E-state index in [1.807, 2.05) is 18.2 Å². The van der Waals surface area contributed by atoms with Crippen molar-refractivity contribution in [3.05, 3.63) is 90.4 Å². The highest BCUT2D eigenvalue weighted by atomic mass is 32.1. The zero-order valence-electron chi connectivity index (χ0n) is 14.7. The summed E-state index contributed by atoms with van der Waals surface area (Å²) in [5.74, 6) is -0.154. The number of hydrogen-bond donors (Lipinski definition) is 3. The smallest absolute Gasteiger partial charge is 0.257 e. The predicted molar refractivity (Wildman–Crippen MR) is 113 cm³/mol. The molecule has 0 unspecified atom stereocenters. The van der Waals surface area contributed by atoms with Crippen LogP contribution in [0.2, 0.25) is 0 Å². The Morgan fingerprint density at radius 1 is 0.893 bits per heavy atom. The van der Waals surface area contributed by atoms with Gasteiger partial charge in [0.15, 0.2) is 5.11 Å². The summed E-state index contributed by atoms with van der Waals surface area (Å²) >= 11 is 5.17. The van der Waals surface area contributed by atoms with Gasteiger partial charge in [-0.2, -0.15) is 0 Å². The van der Waals surface area contributed by atoms with Crippen molar-refractivity contribution in [1.82, 2.24) is 5.32 Å². The van der Waals surface area contributed by atoms with Gasteiger partial charge in [-0.3, -0.25) is 14.9 Å². The number of benzene rings is 2. The minimum absolute atomic E-state index is 0.0778. The standard InChI is InChI=1S/C21H17N3O3S/c25-19(13-12-16-9-6-14-27-16)24-21(28)23-18-11-5-4-10-17(18)20(26)22-15-7-2-1-3-8-15/h1-14H,(H,22,26)(H2,23,24,25,28). The summed E-state index contributed by atoms with van der Waals surface area (Å²) in [7, 11) is 0. The van der Waals surface area contributed by atoms with Crippen LogP contribution in [-0.2, 0) is 4.79 Å². The third kappa shape index (κ3) is 5.39. The van der Waals surface area contributed by atoms with E-state index in [2.05, 4.69) is 16.0 Å². The Hall–Kier alpha value is -3.71. The van der Waals surface area contributed by atoms with Crippen LogP contribution in [0.15, 0.2) is 83.5 Å². The van der Waals surface area contributed by atoms with E-state index in [9.17, 15) is 9.59 Å². The van der Waals surface area contributed by atoms with Crippen molar-refractivity contribution in [2.24, 2.45) is 0 Å². The fraction of sp³-hybridized carbons (Fsp3) is 0. The Bertz CT molecular complexity index is 999. The first-order valence-electron chi connectivity index (χ1n) is 8.41. The fourth-order valence-corrected chi connectivity index (χ4v) is 2.57. The first-order chi connectivity index (χ1) is 13.6. The number of carbonyl (C=O) groups is 2. The third-order valence-electron chi connectivity index (χ3n) is 3.63. The first-order valence-corrected chi connectivity index (χ1v) is 8.81. The molecule has 1 aromatic heterocycles. The van der Waals surface area contributed by atoms with Crippen molar-refractivity contribution in [2.75, 3.05) is 10.6 Å². The van der Waals surface area contributed by atoms with Crippen molar-refractivity contribution >= 4 is 46.6 Å². The van der Waals surface area contributed by atoms with Gasteiger partial charge in [0.25, 0.3) is 5.91 Å². The third-order valence-corrected chi connectivity index (χ3v) is 3.83. The summed E-state index contributed by atoms with van der Waals surface area (Å²) in [6, 6.07) is 19.5. The van der Waals surface area contributed by atoms with Crippen LogP contribution in [0.4, 0.5) is 11.4 Å². The largest absolute Gasteiger partial charge is 0.465 e. The van der Waals surface area contributed by atoms with Gasteiger partial charge < -0.3 is 15.1 Å². The number of carbonyl (C=O) groups excluding carboxylic acids is 2. The summed E-state index contributed by atoms with van der Waals surface area (Å²) in [5, 5.41) is 8.31. The molecular formula is C21H17N3O3S. The monoisotopic (exact) mass is 391 g/mol. The van der Waals surface area contributed by atoms with E-state index in [-0.39, 0.29) is 11.0 Å². The molecule has 6 nitrogen and oxygen atoms in total. The van der Waals surface area contributed by atoms with E-state index in [0.29, 0.717) is 22.7 Å². The second-order valence-corrected chi connectivity index (χ2v) is 6.07. The van der Waals surface area contributed by atoms with Crippen LogP contribution in [0, 0.1) is 0 Å². The van der Waals surface area contributed by atoms with Gasteiger partial charge in [0, 0.05) is 11.8 Å². The van der Waals surface area contributed by atoms with Gasteiger partial charge >= 0.3 is 0 Å². The second-order valence-electron chi connectivity index (χ2n) is 5.66. The van der Waals surface area contributed by atoms with Gasteiger partial charge in [-0.1, -0.05) is 30.3 Å². The zero-order chi connectivity index (χ0) is 19.8. The van der Waals surface area contributed by atoms with E-state index < -0.39 is 5.91 Å². The minimum atomic E-state index is -0.417. The normalized spacial score (nSPS) is 10.4. The van der Waals surface area contributed by atoms with Crippen LogP contribution in [0.3, 0.4) is 0 Å². The number of rotatable bonds is 5. The topological polar surface area (TPSA) is 83.4 Å². The van der Waals surface area contributed by atoms with Gasteiger partial charge in [-0.15, -0.1) is 0 Å². The number of thiocarbonyl (C=S) groups is 1. The number of hydrogen-bond acceptors (Lipinski definition) is 4. The maximum Gasteiger partial charge on any atom is 0.257 e. The summed E-state index contributed by atoms with van der Waals surface area (Å²) in [6.45, 7) is 0. The molecule has 0 aliphatic heterocycles. The van der Waals surface area contributed by atoms with Crippen LogP contribution in [0.1, 0.15) is 16.1 Å². The highest BCUT2D eigenvalue weighted by Gasteiger charge is 2.12. The molecule has 3 N–H and O–H groups in total. The molecule has 0 aliphatic carbocycles. The summed E-state index contributed by atoms with van der Waals surface area (Å²) in [4.78, 5) is 24.5. The molecule has 0 saturated carbocycles. The van der Waals surface area contributed by atoms with E-state index >= 15 is 0 Å². The number of nitrogens with one attached hydrogen (secondary N) is 3. The maximum absolute atomic E-state index is 12.6. The van der Waals surface area contributed by atoms with E-state index in [1.54, 1.807) is 48.5 Å². The highest BCUT2D eigenvalue weighted by molar-refractivity contribution is 7.80. The van der Waals surface area contributed by atoms with Crippen molar-refractivity contribution in [2.45, 2.75) is 0 Å². The molecular weight excluding hydrogens is 374 g/mol. The van der Waals surface area contributed by atoms with Crippen molar-refractivity contribution < 1.29 is 14.0 Å². The lowest BCUT2D eigenvalue weighted by Crippen LogP contribution is -2.33. The van der Waals surface area contributed by atoms with Crippen LogP contribution in [-0.4, -0.2) is 16.9 Å². The Morgan fingerprint density at radius 2 is 1.64 bits per heavy atom. The molecule has 3 aromatic rings. The molecule has 0 spiro atoms. The Morgan fingerprint density at radius 3 is 2.39 bits per heavy atom. The summed E-state index contributed by atoms with van der Waals surface area (Å²) < 4.78 is 5.12. The SMILES string of the molecule is O=C(C=Cc1ccco1)NC(=S)Nc1ccccc1C(=O)Nc1ccccc1. The average molecular weight is 391 g/mol. The molecule has 140 valence electrons. The van der Waals surface area contributed by atoms with Crippen molar-refractivity contribution in [1.29, 1.82) is 0 Å². The van der Waals surface area contributed by atoms with Gasteiger partial charge in [0.2, 0.25) is 5.91 Å². The Kier molecular flexibility index (Phi) is 6.33. The molecule has 0 bridgehead atoms. The van der Waals surface area contributed by atoms with Gasteiger partial charge in [-0.25, -0.2) is 0 Å². The molecule has 0 fully saturated rings. The average Bonchev–Trinajstić information content (AvgIpc) is 3.21. The van der Waals surface area contributed by atoms with E-state index in [4.69, 9.17) is 16.6 Å². The molecule has 0 radical (unpaired) electrons. The lowest BCUT2D eigenvalue weighted by molar-refractivity contribution is -0.115. The Labute approximate surface area is 167 Å². The van der Waals surface area contributed by atoms with Crippen molar-refractivity contribution in [3.63, 3.8) is 0 Å². The number of para-hydroxylation sites is 2. The van der Waals surface area contributed by atoms with Crippen LogP contribution < -0.4 is 16.0 Å². The molecule has 0 aliphatic rings. The fourth-order valence-electron chi connectivity index (χ4n) is 2.36. The van der Waals surface area contributed by atoms with Gasteiger partial charge in [-0.05, 0) is 54.7 Å². The molecule has 2 amide bonds. The molecule has 0 saturated heterocycles.